The number of nitrogens with zero attached hydrogens (tertiary/aromatic N) is 1. The average Bonchev–Trinajstić information content (AvgIpc) is 2.73. The minimum absolute atomic E-state index is 0.0544. The van der Waals surface area contributed by atoms with Gasteiger partial charge in [-0.1, -0.05) is 41.7 Å². The van der Waals surface area contributed by atoms with Crippen LogP contribution in [0.1, 0.15) is 12.6 Å². The van der Waals surface area contributed by atoms with Crippen molar-refractivity contribution in [2.24, 2.45) is 0 Å². The zero-order valence-electron chi connectivity index (χ0n) is 10.2. The van der Waals surface area contributed by atoms with E-state index in [4.69, 9.17) is 34.8 Å². The Bertz CT molecular complexity index is 720. The van der Waals surface area contributed by atoms with Gasteiger partial charge in [-0.3, -0.25) is 9.82 Å². The molecule has 2 aromatic rings. The van der Waals surface area contributed by atoms with Crippen molar-refractivity contribution in [3.05, 3.63) is 39.0 Å². The smallest absolute Gasteiger partial charge is 0.266 e. The van der Waals surface area contributed by atoms with Crippen molar-refractivity contribution in [3.63, 3.8) is 0 Å². The van der Waals surface area contributed by atoms with Crippen LogP contribution in [0.2, 0.25) is 15.1 Å². The summed E-state index contributed by atoms with van der Waals surface area (Å²) in [4.78, 5) is -0.230. The van der Waals surface area contributed by atoms with Crippen molar-refractivity contribution >= 4 is 50.6 Å². The number of sulfonamides is 1. The van der Waals surface area contributed by atoms with Gasteiger partial charge < -0.3 is 0 Å². The highest BCUT2D eigenvalue weighted by Gasteiger charge is 2.23. The lowest BCUT2D eigenvalue weighted by Crippen LogP contribution is -2.14. The Morgan fingerprint density at radius 3 is 2.30 bits per heavy atom. The van der Waals surface area contributed by atoms with E-state index in [1.807, 2.05) is 6.92 Å². The number of rotatable bonds is 4. The number of nitrogens with one attached hydrogen (secondary N) is 2. The highest BCUT2D eigenvalue weighted by molar-refractivity contribution is 7.93. The first-order valence-electron chi connectivity index (χ1n) is 5.55. The SMILES string of the molecule is CCc1cc(NS(=O)(=O)c2c(Cl)cc(Cl)cc2Cl)n[nH]1. The summed E-state index contributed by atoms with van der Waals surface area (Å²) in [7, 11) is -3.94. The number of H-pyrrole nitrogens is 1. The molecule has 0 atom stereocenters. The van der Waals surface area contributed by atoms with E-state index in [1.54, 1.807) is 6.07 Å². The molecule has 5 nitrogen and oxygen atoms in total. The molecule has 2 rings (SSSR count). The summed E-state index contributed by atoms with van der Waals surface area (Å²) in [6, 6.07) is 4.21. The number of halogens is 3. The molecule has 108 valence electrons. The number of hydrogen-bond donors (Lipinski definition) is 2. The highest BCUT2D eigenvalue weighted by atomic mass is 35.5. The van der Waals surface area contributed by atoms with Gasteiger partial charge in [0.1, 0.15) is 4.90 Å². The first-order chi connectivity index (χ1) is 9.33. The normalized spacial score (nSPS) is 11.6. The molecule has 2 N–H and O–H groups in total. The first-order valence-corrected chi connectivity index (χ1v) is 8.17. The van der Waals surface area contributed by atoms with Crippen LogP contribution in [0.25, 0.3) is 0 Å². The van der Waals surface area contributed by atoms with Crippen LogP contribution >= 0.6 is 34.8 Å². The van der Waals surface area contributed by atoms with Crippen LogP contribution in [-0.4, -0.2) is 18.6 Å². The van der Waals surface area contributed by atoms with Gasteiger partial charge in [0.15, 0.2) is 5.82 Å². The Morgan fingerprint density at radius 2 is 1.80 bits per heavy atom. The molecule has 1 heterocycles. The van der Waals surface area contributed by atoms with Gasteiger partial charge in [0.05, 0.1) is 10.0 Å². The summed E-state index contributed by atoms with van der Waals surface area (Å²) in [5, 5.41) is 6.70. The fourth-order valence-electron chi connectivity index (χ4n) is 1.57. The molecule has 0 bridgehead atoms. The number of hydrogen-bond acceptors (Lipinski definition) is 3. The van der Waals surface area contributed by atoms with E-state index < -0.39 is 10.0 Å². The second kappa shape index (κ2) is 5.81. The molecule has 1 aromatic heterocycles. The molecule has 0 saturated carbocycles. The van der Waals surface area contributed by atoms with Crippen LogP contribution in [0.3, 0.4) is 0 Å². The molecule has 0 saturated heterocycles. The van der Waals surface area contributed by atoms with Gasteiger partial charge in [0.2, 0.25) is 0 Å². The van der Waals surface area contributed by atoms with Crippen molar-refractivity contribution < 1.29 is 8.42 Å². The Kier molecular flexibility index (Phi) is 4.49. The summed E-state index contributed by atoms with van der Waals surface area (Å²) in [6.07, 6.45) is 0.706. The monoisotopic (exact) mass is 353 g/mol. The van der Waals surface area contributed by atoms with E-state index in [9.17, 15) is 8.42 Å². The van der Waals surface area contributed by atoms with Crippen LogP contribution in [-0.2, 0) is 16.4 Å². The average molecular weight is 355 g/mol. The maximum atomic E-state index is 12.3. The number of anilines is 1. The molecule has 0 aliphatic carbocycles. The zero-order chi connectivity index (χ0) is 14.9. The number of aromatic amines is 1. The van der Waals surface area contributed by atoms with E-state index in [2.05, 4.69) is 14.9 Å². The standard InChI is InChI=1S/C11H10Cl3N3O2S/c1-2-7-5-10(16-15-7)17-20(18,19)11-8(13)3-6(12)4-9(11)14/h3-5H,2H2,1H3,(H2,15,16,17). The molecule has 0 spiro atoms. The fourth-order valence-corrected chi connectivity index (χ4v) is 4.11. The van der Waals surface area contributed by atoms with Gasteiger partial charge in [0, 0.05) is 16.8 Å². The number of benzene rings is 1. The minimum Gasteiger partial charge on any atom is -0.280 e. The van der Waals surface area contributed by atoms with Gasteiger partial charge in [-0.2, -0.15) is 5.10 Å². The number of aryl methyl sites for hydroxylation is 1. The third-order valence-corrected chi connectivity index (χ3v) is 4.98. The summed E-state index contributed by atoms with van der Waals surface area (Å²) in [6.45, 7) is 1.92. The molecule has 0 radical (unpaired) electrons. The molecule has 9 heteroatoms. The Hall–Kier alpha value is -0.950. The van der Waals surface area contributed by atoms with Crippen molar-refractivity contribution in [3.8, 4) is 0 Å². The summed E-state index contributed by atoms with van der Waals surface area (Å²) in [5.41, 5.74) is 0.802. The van der Waals surface area contributed by atoms with E-state index in [-0.39, 0.29) is 25.8 Å². The van der Waals surface area contributed by atoms with Crippen LogP contribution in [0.5, 0.6) is 0 Å². The van der Waals surface area contributed by atoms with Crippen molar-refractivity contribution in [2.45, 2.75) is 18.2 Å². The molecule has 0 fully saturated rings. The Morgan fingerprint density at radius 1 is 1.20 bits per heavy atom. The largest absolute Gasteiger partial charge is 0.280 e. The first kappa shape index (κ1) is 15.4. The van der Waals surface area contributed by atoms with Gasteiger partial charge in [-0.05, 0) is 18.6 Å². The molecular weight excluding hydrogens is 345 g/mol. The lowest BCUT2D eigenvalue weighted by Gasteiger charge is -2.09. The summed E-state index contributed by atoms with van der Waals surface area (Å²) in [5.74, 6) is 0.170. The molecule has 0 unspecified atom stereocenters. The Balaban J connectivity index is 2.40. The van der Waals surface area contributed by atoms with Crippen molar-refractivity contribution in [2.75, 3.05) is 4.72 Å². The van der Waals surface area contributed by atoms with Crippen LogP contribution in [0.4, 0.5) is 5.82 Å². The van der Waals surface area contributed by atoms with E-state index in [0.29, 0.717) is 6.42 Å². The van der Waals surface area contributed by atoms with Crippen LogP contribution < -0.4 is 4.72 Å². The van der Waals surface area contributed by atoms with E-state index in [1.165, 1.54) is 12.1 Å². The Labute approximate surface area is 131 Å². The van der Waals surface area contributed by atoms with Gasteiger partial charge >= 0.3 is 0 Å². The maximum Gasteiger partial charge on any atom is 0.266 e. The molecule has 0 amide bonds. The lowest BCUT2D eigenvalue weighted by atomic mass is 10.3. The predicted octanol–water partition coefficient (Wildman–Crippen LogP) is 3.73. The quantitative estimate of drug-likeness (QED) is 0.878. The lowest BCUT2D eigenvalue weighted by molar-refractivity contribution is 0.601. The van der Waals surface area contributed by atoms with Crippen molar-refractivity contribution in [1.29, 1.82) is 0 Å². The fraction of sp³-hybridized carbons (Fsp3) is 0.182. The molecule has 0 aliphatic rings. The number of aromatic nitrogens is 2. The highest BCUT2D eigenvalue weighted by Crippen LogP contribution is 2.33. The molecular formula is C11H10Cl3N3O2S. The maximum absolute atomic E-state index is 12.3. The topological polar surface area (TPSA) is 74.8 Å². The van der Waals surface area contributed by atoms with E-state index >= 15 is 0 Å². The molecule has 0 aliphatic heterocycles. The van der Waals surface area contributed by atoms with Crippen LogP contribution in [0, 0.1) is 0 Å². The van der Waals surface area contributed by atoms with Gasteiger partial charge in [0.25, 0.3) is 10.0 Å². The van der Waals surface area contributed by atoms with Gasteiger partial charge in [-0.25, -0.2) is 8.42 Å². The van der Waals surface area contributed by atoms with Crippen molar-refractivity contribution in [1.82, 2.24) is 10.2 Å². The predicted molar refractivity (Wildman–Crippen MR) is 80.2 cm³/mol. The second-order valence-corrected chi connectivity index (χ2v) is 6.81. The third kappa shape index (κ3) is 3.20. The molecule has 20 heavy (non-hydrogen) atoms. The zero-order valence-corrected chi connectivity index (χ0v) is 13.3. The van der Waals surface area contributed by atoms with E-state index in [0.717, 1.165) is 5.69 Å². The second-order valence-electron chi connectivity index (χ2n) is 3.94. The molecule has 1 aromatic carbocycles. The third-order valence-electron chi connectivity index (χ3n) is 2.48. The van der Waals surface area contributed by atoms with Crippen LogP contribution in [0.15, 0.2) is 23.1 Å². The van der Waals surface area contributed by atoms with Gasteiger partial charge in [-0.15, -0.1) is 0 Å². The minimum atomic E-state index is -3.94. The summed E-state index contributed by atoms with van der Waals surface area (Å²) < 4.78 is 26.9. The summed E-state index contributed by atoms with van der Waals surface area (Å²) >= 11 is 17.6.